The second-order valence-corrected chi connectivity index (χ2v) is 4.49. The van der Waals surface area contributed by atoms with Crippen LogP contribution in [0.5, 0.6) is 0 Å². The van der Waals surface area contributed by atoms with E-state index in [1.807, 2.05) is 0 Å². The van der Waals surface area contributed by atoms with Crippen LogP contribution in [0.2, 0.25) is 0 Å². The highest BCUT2D eigenvalue weighted by molar-refractivity contribution is 5.97. The third-order valence-corrected chi connectivity index (χ3v) is 2.98. The van der Waals surface area contributed by atoms with Crippen molar-refractivity contribution in [2.45, 2.75) is 13.0 Å². The Bertz CT molecular complexity index is 507. The van der Waals surface area contributed by atoms with Gasteiger partial charge in [0.15, 0.2) is 0 Å². The van der Waals surface area contributed by atoms with Gasteiger partial charge in [0, 0.05) is 7.05 Å². The van der Waals surface area contributed by atoms with Gasteiger partial charge >= 0.3 is 0 Å². The van der Waals surface area contributed by atoms with E-state index in [2.05, 4.69) is 10.6 Å². The van der Waals surface area contributed by atoms with Crippen LogP contribution in [0.25, 0.3) is 0 Å². The summed E-state index contributed by atoms with van der Waals surface area (Å²) in [6.45, 7) is 1.77. The van der Waals surface area contributed by atoms with Crippen LogP contribution in [-0.4, -0.2) is 43.4 Å². The van der Waals surface area contributed by atoms with E-state index in [1.165, 1.54) is 19.2 Å². The number of likely N-dealkylation sites (N-methyl/N-ethyl adjacent to an activating group) is 2. The highest BCUT2D eigenvalue weighted by atomic mass is 19.1. The van der Waals surface area contributed by atoms with Crippen LogP contribution in [0, 0.1) is 5.82 Å². The topological polar surface area (TPSA) is 87.5 Å². The molecule has 0 spiro atoms. The maximum atomic E-state index is 12.9. The lowest BCUT2D eigenvalue weighted by atomic mass is 10.2. The van der Waals surface area contributed by atoms with Crippen LogP contribution in [0.3, 0.4) is 0 Å². The van der Waals surface area contributed by atoms with Crippen molar-refractivity contribution < 1.29 is 14.0 Å². The fourth-order valence-corrected chi connectivity index (χ4v) is 1.53. The smallest absolute Gasteiger partial charge is 0.241 e. The first-order valence-electron chi connectivity index (χ1n) is 6.12. The molecule has 1 aromatic carbocycles. The molecule has 7 heteroatoms. The number of halogens is 1. The summed E-state index contributed by atoms with van der Waals surface area (Å²) in [4.78, 5) is 24.9. The summed E-state index contributed by atoms with van der Waals surface area (Å²) in [5.41, 5.74) is 6.11. The number of carbonyl (C=O) groups excluding carboxylic acids is 2. The Morgan fingerprint density at radius 3 is 2.65 bits per heavy atom. The maximum Gasteiger partial charge on any atom is 0.241 e. The Kier molecular flexibility index (Phi) is 5.45. The van der Waals surface area contributed by atoms with Crippen molar-refractivity contribution in [2.24, 2.45) is 0 Å². The minimum atomic E-state index is -0.531. The second kappa shape index (κ2) is 6.85. The molecule has 110 valence electrons. The van der Waals surface area contributed by atoms with Crippen LogP contribution in [0.4, 0.5) is 15.8 Å². The first-order chi connectivity index (χ1) is 9.35. The van der Waals surface area contributed by atoms with E-state index in [9.17, 15) is 14.0 Å². The van der Waals surface area contributed by atoms with E-state index in [0.29, 0.717) is 5.69 Å². The zero-order valence-electron chi connectivity index (χ0n) is 11.7. The number of carbonyl (C=O) groups is 2. The van der Waals surface area contributed by atoms with Crippen molar-refractivity contribution >= 4 is 23.2 Å². The fourth-order valence-electron chi connectivity index (χ4n) is 1.53. The zero-order chi connectivity index (χ0) is 15.3. The molecule has 1 rings (SSSR count). The fraction of sp³-hybridized carbons (Fsp3) is 0.385. The minimum Gasteiger partial charge on any atom is -0.397 e. The van der Waals surface area contributed by atoms with Gasteiger partial charge in [-0.2, -0.15) is 0 Å². The summed E-state index contributed by atoms with van der Waals surface area (Å²) >= 11 is 0. The predicted octanol–water partition coefficient (Wildman–Crippen LogP) is 0.413. The molecular formula is C13H19FN4O2. The second-order valence-electron chi connectivity index (χ2n) is 4.49. The molecule has 0 saturated heterocycles. The largest absolute Gasteiger partial charge is 0.397 e. The molecule has 0 heterocycles. The van der Waals surface area contributed by atoms with E-state index in [-0.39, 0.29) is 24.0 Å². The van der Waals surface area contributed by atoms with E-state index in [1.54, 1.807) is 18.9 Å². The summed E-state index contributed by atoms with van der Waals surface area (Å²) in [5, 5.41) is 5.09. The third kappa shape index (κ3) is 4.20. The number of nitrogens with zero attached hydrogens (tertiary/aromatic N) is 1. The molecule has 0 aliphatic rings. The van der Waals surface area contributed by atoms with Crippen molar-refractivity contribution in [3.8, 4) is 0 Å². The van der Waals surface area contributed by atoms with Gasteiger partial charge in [-0.25, -0.2) is 4.39 Å². The molecule has 0 saturated carbocycles. The Morgan fingerprint density at radius 2 is 2.10 bits per heavy atom. The van der Waals surface area contributed by atoms with E-state index < -0.39 is 11.9 Å². The molecule has 1 unspecified atom stereocenters. The first-order valence-corrected chi connectivity index (χ1v) is 6.12. The highest BCUT2D eigenvalue weighted by Gasteiger charge is 2.20. The average molecular weight is 282 g/mol. The van der Waals surface area contributed by atoms with Gasteiger partial charge in [-0.15, -0.1) is 0 Å². The third-order valence-electron chi connectivity index (χ3n) is 2.98. The molecule has 0 aliphatic carbocycles. The average Bonchev–Trinajstić information content (AvgIpc) is 2.40. The van der Waals surface area contributed by atoms with E-state index in [4.69, 9.17) is 5.73 Å². The Balaban J connectivity index is 2.67. The Hall–Kier alpha value is -2.15. The van der Waals surface area contributed by atoms with Gasteiger partial charge in [0.1, 0.15) is 5.82 Å². The molecule has 1 atom stereocenters. The summed E-state index contributed by atoms with van der Waals surface area (Å²) < 4.78 is 12.9. The zero-order valence-corrected chi connectivity index (χ0v) is 11.7. The van der Waals surface area contributed by atoms with Gasteiger partial charge < -0.3 is 16.4 Å². The van der Waals surface area contributed by atoms with Crippen LogP contribution < -0.4 is 16.4 Å². The first kappa shape index (κ1) is 15.9. The summed E-state index contributed by atoms with van der Waals surface area (Å²) in [7, 11) is 3.19. The van der Waals surface area contributed by atoms with Gasteiger partial charge in [-0.1, -0.05) is 0 Å². The number of benzene rings is 1. The van der Waals surface area contributed by atoms with Crippen molar-refractivity contribution in [2.75, 3.05) is 31.7 Å². The van der Waals surface area contributed by atoms with Crippen LogP contribution in [0.1, 0.15) is 6.92 Å². The van der Waals surface area contributed by atoms with Crippen LogP contribution in [0.15, 0.2) is 18.2 Å². The summed E-state index contributed by atoms with van der Waals surface area (Å²) in [5.74, 6) is -0.978. The number of nitrogens with one attached hydrogen (secondary N) is 2. The van der Waals surface area contributed by atoms with Gasteiger partial charge in [-0.3, -0.25) is 14.5 Å². The van der Waals surface area contributed by atoms with E-state index >= 15 is 0 Å². The SMILES string of the molecule is CNC(=O)CN(C)C(C)C(=O)Nc1ccc(F)cc1N. The number of nitrogens with two attached hydrogens (primary N) is 1. The Morgan fingerprint density at radius 1 is 1.45 bits per heavy atom. The molecule has 0 aromatic heterocycles. The molecule has 0 fully saturated rings. The molecule has 1 aromatic rings. The monoisotopic (exact) mass is 282 g/mol. The number of anilines is 2. The van der Waals surface area contributed by atoms with Gasteiger partial charge in [-0.05, 0) is 32.2 Å². The number of rotatable bonds is 5. The molecule has 4 N–H and O–H groups in total. The molecule has 0 radical (unpaired) electrons. The summed E-state index contributed by atoms with van der Waals surface area (Å²) in [6, 6.07) is 3.21. The standard InChI is InChI=1S/C13H19FN4O2/c1-8(18(3)7-12(19)16-2)13(20)17-11-5-4-9(14)6-10(11)15/h4-6,8H,7,15H2,1-3H3,(H,16,19)(H,17,20). The predicted molar refractivity (Wildman–Crippen MR) is 75.6 cm³/mol. The minimum absolute atomic E-state index is 0.101. The summed E-state index contributed by atoms with van der Waals surface area (Å²) in [6.07, 6.45) is 0. The molecule has 0 bridgehead atoms. The van der Waals surface area contributed by atoms with Gasteiger partial charge in [0.2, 0.25) is 11.8 Å². The number of nitrogen functional groups attached to an aromatic ring is 1. The Labute approximate surface area is 117 Å². The van der Waals surface area contributed by atoms with Crippen molar-refractivity contribution in [3.63, 3.8) is 0 Å². The molecule has 0 aliphatic heterocycles. The lowest BCUT2D eigenvalue weighted by molar-refractivity contribution is -0.124. The molecule has 2 amide bonds. The lowest BCUT2D eigenvalue weighted by Crippen LogP contribution is -2.44. The lowest BCUT2D eigenvalue weighted by Gasteiger charge is -2.23. The normalized spacial score (nSPS) is 12.1. The van der Waals surface area contributed by atoms with Crippen LogP contribution >= 0.6 is 0 Å². The van der Waals surface area contributed by atoms with Crippen molar-refractivity contribution in [3.05, 3.63) is 24.0 Å². The highest BCUT2D eigenvalue weighted by Crippen LogP contribution is 2.19. The van der Waals surface area contributed by atoms with Gasteiger partial charge in [0.05, 0.1) is 24.0 Å². The quantitative estimate of drug-likeness (QED) is 0.683. The number of hydrogen-bond donors (Lipinski definition) is 3. The number of hydrogen-bond acceptors (Lipinski definition) is 4. The molecule has 20 heavy (non-hydrogen) atoms. The van der Waals surface area contributed by atoms with Crippen molar-refractivity contribution in [1.29, 1.82) is 0 Å². The molecular weight excluding hydrogens is 263 g/mol. The van der Waals surface area contributed by atoms with Gasteiger partial charge in [0.25, 0.3) is 0 Å². The van der Waals surface area contributed by atoms with Crippen LogP contribution in [-0.2, 0) is 9.59 Å². The number of amides is 2. The van der Waals surface area contributed by atoms with Crippen molar-refractivity contribution in [1.82, 2.24) is 10.2 Å². The maximum absolute atomic E-state index is 12.9. The molecule has 6 nitrogen and oxygen atoms in total. The van der Waals surface area contributed by atoms with E-state index in [0.717, 1.165) is 6.07 Å².